The Hall–Kier alpha value is -1.47. The van der Waals surface area contributed by atoms with Crippen LogP contribution in [-0.4, -0.2) is 34.1 Å². The third kappa shape index (κ3) is 2.68. The second kappa shape index (κ2) is 5.45. The average molecular weight is 272 g/mol. The quantitative estimate of drug-likeness (QED) is 0.854. The van der Waals surface area contributed by atoms with Crippen LogP contribution in [-0.2, 0) is 9.53 Å². The van der Waals surface area contributed by atoms with Crippen LogP contribution in [0.1, 0.15) is 36.3 Å². The largest absolute Gasteiger partial charge is 0.478 e. The third-order valence-corrected chi connectivity index (χ3v) is 3.76. The fourth-order valence-electron chi connectivity index (χ4n) is 1.34. The van der Waals surface area contributed by atoms with Crippen molar-refractivity contribution in [3.63, 3.8) is 0 Å². The summed E-state index contributed by atoms with van der Waals surface area (Å²) in [6, 6.07) is 0. The van der Waals surface area contributed by atoms with Crippen molar-refractivity contribution < 1.29 is 19.4 Å². The van der Waals surface area contributed by atoms with Gasteiger partial charge in [-0.2, -0.15) is 4.37 Å². The van der Waals surface area contributed by atoms with E-state index in [1.165, 1.54) is 7.11 Å². The van der Waals surface area contributed by atoms with Crippen molar-refractivity contribution in [1.29, 1.82) is 0 Å². The molecule has 1 amide bonds. The minimum atomic E-state index is -1.10. The van der Waals surface area contributed by atoms with Gasteiger partial charge in [-0.25, -0.2) is 4.79 Å². The molecular weight excluding hydrogens is 256 g/mol. The molecule has 1 aromatic rings. The van der Waals surface area contributed by atoms with Crippen LogP contribution in [0, 0.1) is 6.92 Å². The number of ether oxygens (including phenoxy) is 1. The van der Waals surface area contributed by atoms with Crippen LogP contribution in [0.15, 0.2) is 0 Å². The standard InChI is InChI=1S/C11H16N2O4S/c1-5-11(3,17-4)10(16)12-8-7(9(14)15)6(2)13-18-8/h5H2,1-4H3,(H,12,16)(H,14,15). The van der Waals surface area contributed by atoms with Gasteiger partial charge in [0.05, 0.1) is 5.69 Å². The van der Waals surface area contributed by atoms with Gasteiger partial charge in [-0.3, -0.25) is 4.79 Å². The molecule has 0 bridgehead atoms. The topological polar surface area (TPSA) is 88.5 Å². The zero-order valence-electron chi connectivity index (χ0n) is 10.7. The summed E-state index contributed by atoms with van der Waals surface area (Å²) in [4.78, 5) is 23.1. The lowest BCUT2D eigenvalue weighted by Gasteiger charge is -2.24. The number of carboxylic acids is 1. The first kappa shape index (κ1) is 14.6. The molecule has 18 heavy (non-hydrogen) atoms. The maximum absolute atomic E-state index is 12.0. The van der Waals surface area contributed by atoms with Gasteiger partial charge in [0.2, 0.25) is 0 Å². The van der Waals surface area contributed by atoms with Gasteiger partial charge in [-0.05, 0) is 31.8 Å². The Bertz CT molecular complexity index is 466. The Morgan fingerprint density at radius 1 is 1.56 bits per heavy atom. The summed E-state index contributed by atoms with van der Waals surface area (Å²) in [5.41, 5.74) is -0.561. The van der Waals surface area contributed by atoms with Crippen LogP contribution in [0.2, 0.25) is 0 Å². The van der Waals surface area contributed by atoms with E-state index in [1.54, 1.807) is 13.8 Å². The molecule has 0 saturated carbocycles. The molecule has 6 nitrogen and oxygen atoms in total. The Kier molecular flexibility index (Phi) is 4.42. The zero-order chi connectivity index (χ0) is 13.9. The fourth-order valence-corrected chi connectivity index (χ4v) is 2.12. The number of aromatic nitrogens is 1. The first-order valence-corrected chi connectivity index (χ1v) is 6.19. The Morgan fingerprint density at radius 2 is 2.17 bits per heavy atom. The number of hydrogen-bond acceptors (Lipinski definition) is 5. The lowest BCUT2D eigenvalue weighted by atomic mass is 10.0. The molecule has 0 aliphatic heterocycles. The number of carboxylic acid groups (broad SMARTS) is 1. The predicted molar refractivity (Wildman–Crippen MR) is 68.1 cm³/mol. The van der Waals surface area contributed by atoms with Crippen molar-refractivity contribution in [2.24, 2.45) is 0 Å². The van der Waals surface area contributed by atoms with Crippen LogP contribution < -0.4 is 5.32 Å². The molecule has 0 aliphatic rings. The van der Waals surface area contributed by atoms with E-state index in [1.807, 2.05) is 6.92 Å². The SMILES string of the molecule is CCC(C)(OC)C(=O)Nc1snc(C)c1C(=O)O. The molecule has 1 heterocycles. The van der Waals surface area contributed by atoms with Crippen molar-refractivity contribution in [3.05, 3.63) is 11.3 Å². The number of hydrogen-bond donors (Lipinski definition) is 2. The number of nitrogens with zero attached hydrogens (tertiary/aromatic N) is 1. The summed E-state index contributed by atoms with van der Waals surface area (Å²) in [7, 11) is 1.44. The molecule has 100 valence electrons. The highest BCUT2D eigenvalue weighted by Gasteiger charge is 2.32. The highest BCUT2D eigenvalue weighted by Crippen LogP contribution is 2.26. The number of methoxy groups -OCH3 is 1. The van der Waals surface area contributed by atoms with Crippen LogP contribution >= 0.6 is 11.5 Å². The molecule has 1 atom stereocenters. The van der Waals surface area contributed by atoms with Crippen molar-refractivity contribution in [1.82, 2.24) is 4.37 Å². The van der Waals surface area contributed by atoms with Crippen LogP contribution in [0.4, 0.5) is 5.00 Å². The number of carbonyl (C=O) groups is 2. The predicted octanol–water partition coefficient (Wildman–Crippen LogP) is 1.90. The molecule has 7 heteroatoms. The van der Waals surface area contributed by atoms with Gasteiger partial charge in [0.1, 0.15) is 16.2 Å². The number of amides is 1. The Balaban J connectivity index is 2.99. The van der Waals surface area contributed by atoms with Crippen LogP contribution in [0.3, 0.4) is 0 Å². The van der Waals surface area contributed by atoms with E-state index in [0.29, 0.717) is 12.1 Å². The van der Waals surface area contributed by atoms with E-state index in [-0.39, 0.29) is 16.5 Å². The average Bonchev–Trinajstić information content (AvgIpc) is 2.69. The number of nitrogens with one attached hydrogen (secondary N) is 1. The summed E-state index contributed by atoms with van der Waals surface area (Å²) in [5.74, 6) is -1.48. The summed E-state index contributed by atoms with van der Waals surface area (Å²) in [6.07, 6.45) is 0.482. The van der Waals surface area contributed by atoms with E-state index in [9.17, 15) is 9.59 Å². The van der Waals surface area contributed by atoms with E-state index in [0.717, 1.165) is 11.5 Å². The summed E-state index contributed by atoms with van der Waals surface area (Å²) in [6.45, 7) is 5.06. The van der Waals surface area contributed by atoms with Gasteiger partial charge < -0.3 is 15.2 Å². The van der Waals surface area contributed by atoms with E-state index in [4.69, 9.17) is 9.84 Å². The van der Waals surface area contributed by atoms with Gasteiger partial charge >= 0.3 is 5.97 Å². The lowest BCUT2D eigenvalue weighted by molar-refractivity contribution is -0.136. The summed E-state index contributed by atoms with van der Waals surface area (Å²) >= 11 is 0.952. The van der Waals surface area contributed by atoms with Crippen molar-refractivity contribution in [2.45, 2.75) is 32.8 Å². The van der Waals surface area contributed by atoms with Gasteiger partial charge in [0, 0.05) is 7.11 Å². The number of rotatable bonds is 5. The highest BCUT2D eigenvalue weighted by atomic mass is 32.1. The molecule has 0 aromatic carbocycles. The maximum Gasteiger partial charge on any atom is 0.340 e. The van der Waals surface area contributed by atoms with E-state index >= 15 is 0 Å². The smallest absolute Gasteiger partial charge is 0.340 e. The summed E-state index contributed by atoms with van der Waals surface area (Å²) < 4.78 is 9.08. The first-order valence-electron chi connectivity index (χ1n) is 5.42. The van der Waals surface area contributed by atoms with Crippen LogP contribution in [0.5, 0.6) is 0 Å². The van der Waals surface area contributed by atoms with Gasteiger partial charge in [0.15, 0.2) is 0 Å². The zero-order valence-corrected chi connectivity index (χ0v) is 11.6. The molecule has 1 aromatic heterocycles. The number of aryl methyl sites for hydroxylation is 1. The van der Waals surface area contributed by atoms with Crippen molar-refractivity contribution in [3.8, 4) is 0 Å². The summed E-state index contributed by atoms with van der Waals surface area (Å²) in [5, 5.41) is 11.9. The third-order valence-electron chi connectivity index (χ3n) is 2.91. The number of anilines is 1. The molecule has 2 N–H and O–H groups in total. The van der Waals surface area contributed by atoms with Crippen molar-refractivity contribution in [2.75, 3.05) is 12.4 Å². The Morgan fingerprint density at radius 3 is 2.61 bits per heavy atom. The molecule has 1 unspecified atom stereocenters. The second-order valence-corrected chi connectivity index (χ2v) is 4.79. The molecule has 0 spiro atoms. The first-order chi connectivity index (χ1) is 8.35. The molecule has 0 aliphatic carbocycles. The van der Waals surface area contributed by atoms with Crippen LogP contribution in [0.25, 0.3) is 0 Å². The van der Waals surface area contributed by atoms with Crippen molar-refractivity contribution >= 4 is 28.4 Å². The van der Waals surface area contributed by atoms with Gasteiger partial charge in [-0.15, -0.1) is 0 Å². The van der Waals surface area contributed by atoms with E-state index in [2.05, 4.69) is 9.69 Å². The normalized spacial score (nSPS) is 14.0. The fraction of sp³-hybridized carbons (Fsp3) is 0.545. The molecule has 0 radical (unpaired) electrons. The van der Waals surface area contributed by atoms with E-state index < -0.39 is 11.6 Å². The Labute approximate surface area is 109 Å². The molecule has 1 rings (SSSR count). The van der Waals surface area contributed by atoms with Gasteiger partial charge in [0.25, 0.3) is 5.91 Å². The highest BCUT2D eigenvalue weighted by molar-refractivity contribution is 7.11. The molecule has 0 fully saturated rings. The minimum Gasteiger partial charge on any atom is -0.478 e. The molecule has 0 saturated heterocycles. The second-order valence-electron chi connectivity index (χ2n) is 4.02. The number of aromatic carboxylic acids is 1. The molecular formula is C11H16N2O4S. The minimum absolute atomic E-state index is 0.0305. The number of carbonyl (C=O) groups excluding carboxylic acids is 1. The monoisotopic (exact) mass is 272 g/mol. The van der Waals surface area contributed by atoms with Gasteiger partial charge in [-0.1, -0.05) is 6.92 Å². The maximum atomic E-state index is 12.0. The lowest BCUT2D eigenvalue weighted by Crippen LogP contribution is -2.41.